The fraction of sp³-hybridized carbons (Fsp3) is 0.600. The van der Waals surface area contributed by atoms with E-state index in [0.29, 0.717) is 0 Å². The lowest BCUT2D eigenvalue weighted by Gasteiger charge is -1.82. The van der Waals surface area contributed by atoms with Gasteiger partial charge in [0.2, 0.25) is 0 Å². The molecule has 0 heterocycles. The third kappa shape index (κ3) is 4.09. The molecule has 0 fully saturated rings. The average Bonchev–Trinajstić information content (AvgIpc) is 1.61. The second-order valence-corrected chi connectivity index (χ2v) is 2.21. The van der Waals surface area contributed by atoms with Gasteiger partial charge in [0, 0.05) is 5.75 Å². The molecule has 0 saturated heterocycles. The molecular weight excluding hydrogens is 92.1 g/mol. The molecule has 6 heavy (non-hydrogen) atoms. The molecule has 0 aliphatic heterocycles. The van der Waals surface area contributed by atoms with E-state index in [4.69, 9.17) is 6.58 Å². The van der Waals surface area contributed by atoms with Crippen LogP contribution in [0.15, 0.2) is 6.08 Å². The van der Waals surface area contributed by atoms with Gasteiger partial charge in [-0.25, -0.2) is 0 Å². The average molecular weight is 101 g/mol. The maximum atomic E-state index is 5.07. The second-order valence-electron chi connectivity index (χ2n) is 0.895. The molecule has 0 amide bonds. The van der Waals surface area contributed by atoms with Crippen LogP contribution < -0.4 is 0 Å². The Bertz CT molecular complexity index is 32.9. The molecule has 0 aromatic rings. The number of hydrogen-bond acceptors (Lipinski definition) is 1. The van der Waals surface area contributed by atoms with Crippen molar-refractivity contribution >= 4 is 11.8 Å². The Hall–Kier alpha value is 0.0900. The van der Waals surface area contributed by atoms with E-state index in [2.05, 4.69) is 6.92 Å². The van der Waals surface area contributed by atoms with Crippen molar-refractivity contribution in [1.82, 2.24) is 0 Å². The minimum atomic E-state index is 0.983. The summed E-state index contributed by atoms with van der Waals surface area (Å²) in [5.41, 5.74) is 0. The highest BCUT2D eigenvalue weighted by Gasteiger charge is 1.70. The summed E-state index contributed by atoms with van der Waals surface area (Å²) in [7, 11) is 0. The van der Waals surface area contributed by atoms with Crippen LogP contribution in [0.1, 0.15) is 6.92 Å². The molecule has 0 aliphatic rings. The Morgan fingerprint density at radius 1 is 1.83 bits per heavy atom. The van der Waals surface area contributed by atoms with E-state index in [0.717, 1.165) is 11.5 Å². The zero-order valence-corrected chi connectivity index (χ0v) is 4.79. The van der Waals surface area contributed by atoms with E-state index in [9.17, 15) is 0 Å². The summed E-state index contributed by atoms with van der Waals surface area (Å²) in [4.78, 5) is 0. The van der Waals surface area contributed by atoms with Crippen LogP contribution in [0, 0.1) is 6.58 Å². The molecule has 0 atom stereocenters. The lowest BCUT2D eigenvalue weighted by molar-refractivity contribution is 1.52. The lowest BCUT2D eigenvalue weighted by Crippen LogP contribution is -1.67. The standard InChI is InChI=1S/C5H9S/c1-3-5-6-4-2/h1,3H,4-5H2,2H3. The van der Waals surface area contributed by atoms with Gasteiger partial charge < -0.3 is 0 Å². The Balaban J connectivity index is 2.49. The summed E-state index contributed by atoms with van der Waals surface area (Å²) in [6.45, 7) is 7.19. The van der Waals surface area contributed by atoms with Crippen molar-refractivity contribution in [3.8, 4) is 0 Å². The molecule has 0 bridgehead atoms. The van der Waals surface area contributed by atoms with Crippen molar-refractivity contribution in [2.75, 3.05) is 11.5 Å². The van der Waals surface area contributed by atoms with Crippen LogP contribution >= 0.6 is 11.8 Å². The van der Waals surface area contributed by atoms with Crippen LogP contribution in [-0.2, 0) is 0 Å². The van der Waals surface area contributed by atoms with Crippen molar-refractivity contribution in [2.45, 2.75) is 6.92 Å². The monoisotopic (exact) mass is 101 g/mol. The van der Waals surface area contributed by atoms with E-state index >= 15 is 0 Å². The van der Waals surface area contributed by atoms with E-state index in [-0.39, 0.29) is 0 Å². The normalized spacial score (nSPS) is 8.17. The molecule has 0 aromatic carbocycles. The maximum absolute atomic E-state index is 5.07. The quantitative estimate of drug-likeness (QED) is 0.488. The van der Waals surface area contributed by atoms with Gasteiger partial charge in [0.1, 0.15) is 0 Å². The Kier molecular flexibility index (Phi) is 5.17. The predicted molar refractivity (Wildman–Crippen MR) is 31.9 cm³/mol. The maximum Gasteiger partial charge on any atom is 0.0116 e. The van der Waals surface area contributed by atoms with Gasteiger partial charge in [0.15, 0.2) is 0 Å². The number of thioether (sulfide) groups is 1. The molecule has 0 unspecified atom stereocenters. The van der Waals surface area contributed by atoms with Crippen molar-refractivity contribution in [3.05, 3.63) is 12.7 Å². The molecule has 0 N–H and O–H groups in total. The lowest BCUT2D eigenvalue weighted by atomic mass is 10.8. The summed E-state index contributed by atoms with van der Waals surface area (Å²) in [5, 5.41) is 0. The zero-order valence-electron chi connectivity index (χ0n) is 3.98. The van der Waals surface area contributed by atoms with Gasteiger partial charge in [-0.15, -0.1) is 0 Å². The van der Waals surface area contributed by atoms with E-state index in [1.165, 1.54) is 0 Å². The molecular formula is C5H9S. The SMILES string of the molecule is [CH]=CCSCC. The minimum absolute atomic E-state index is 0.983. The van der Waals surface area contributed by atoms with Gasteiger partial charge in [-0.05, 0) is 5.75 Å². The summed E-state index contributed by atoms with van der Waals surface area (Å²) < 4.78 is 0. The fourth-order valence-corrected chi connectivity index (χ4v) is 0.558. The van der Waals surface area contributed by atoms with Crippen LogP contribution in [0.5, 0.6) is 0 Å². The van der Waals surface area contributed by atoms with E-state index < -0.39 is 0 Å². The highest BCUT2D eigenvalue weighted by atomic mass is 32.2. The molecule has 0 rings (SSSR count). The van der Waals surface area contributed by atoms with Crippen molar-refractivity contribution in [2.24, 2.45) is 0 Å². The Labute approximate surface area is 43.6 Å². The second kappa shape index (κ2) is 5.09. The Morgan fingerprint density at radius 2 is 2.50 bits per heavy atom. The summed E-state index contributed by atoms with van der Waals surface area (Å²) in [6.07, 6.45) is 1.67. The smallest absolute Gasteiger partial charge is 0.0116 e. The van der Waals surface area contributed by atoms with E-state index in [1.807, 2.05) is 11.8 Å². The summed E-state index contributed by atoms with van der Waals surface area (Å²) in [5.74, 6) is 2.14. The van der Waals surface area contributed by atoms with Gasteiger partial charge in [-0.2, -0.15) is 11.8 Å². The fourth-order valence-electron chi connectivity index (χ4n) is 0.186. The molecule has 0 aromatic heterocycles. The predicted octanol–water partition coefficient (Wildman–Crippen LogP) is 1.73. The van der Waals surface area contributed by atoms with Crippen LogP contribution in [0.2, 0.25) is 0 Å². The van der Waals surface area contributed by atoms with Gasteiger partial charge in [0.05, 0.1) is 0 Å². The largest absolute Gasteiger partial charge is 0.158 e. The van der Waals surface area contributed by atoms with E-state index in [1.54, 1.807) is 6.08 Å². The molecule has 35 valence electrons. The molecule has 0 spiro atoms. The van der Waals surface area contributed by atoms with Crippen LogP contribution in [-0.4, -0.2) is 11.5 Å². The molecule has 0 saturated carbocycles. The first-order chi connectivity index (χ1) is 2.91. The number of rotatable bonds is 3. The first-order valence-corrected chi connectivity index (χ1v) is 3.18. The molecule has 0 nitrogen and oxygen atoms in total. The van der Waals surface area contributed by atoms with Crippen molar-refractivity contribution in [1.29, 1.82) is 0 Å². The van der Waals surface area contributed by atoms with Gasteiger partial charge >= 0.3 is 0 Å². The third-order valence-corrected chi connectivity index (χ3v) is 1.25. The van der Waals surface area contributed by atoms with Crippen LogP contribution in [0.25, 0.3) is 0 Å². The molecule has 1 heteroatoms. The molecule has 0 aliphatic carbocycles. The molecule has 1 radical (unpaired) electrons. The summed E-state index contributed by atoms with van der Waals surface area (Å²) in [6, 6.07) is 0. The third-order valence-electron chi connectivity index (χ3n) is 0.418. The summed E-state index contributed by atoms with van der Waals surface area (Å²) >= 11 is 1.83. The Morgan fingerprint density at radius 3 is 2.67 bits per heavy atom. The number of hydrogen-bond donors (Lipinski definition) is 0. The van der Waals surface area contributed by atoms with Gasteiger partial charge in [-0.3, -0.25) is 0 Å². The first kappa shape index (κ1) is 6.09. The van der Waals surface area contributed by atoms with Crippen LogP contribution in [0.3, 0.4) is 0 Å². The van der Waals surface area contributed by atoms with Gasteiger partial charge in [0.25, 0.3) is 0 Å². The van der Waals surface area contributed by atoms with Crippen LogP contribution in [0.4, 0.5) is 0 Å². The van der Waals surface area contributed by atoms with Crippen molar-refractivity contribution < 1.29 is 0 Å². The first-order valence-electron chi connectivity index (χ1n) is 2.03. The van der Waals surface area contributed by atoms with Gasteiger partial charge in [-0.1, -0.05) is 19.6 Å². The highest BCUT2D eigenvalue weighted by Crippen LogP contribution is 1.95. The highest BCUT2D eigenvalue weighted by molar-refractivity contribution is 7.99. The minimum Gasteiger partial charge on any atom is -0.158 e. The van der Waals surface area contributed by atoms with Crippen molar-refractivity contribution in [3.63, 3.8) is 0 Å². The zero-order chi connectivity index (χ0) is 4.83. The topological polar surface area (TPSA) is 0 Å².